The molecule has 1 amide bonds. The van der Waals surface area contributed by atoms with Crippen LogP contribution in [0.25, 0.3) is 0 Å². The first-order chi connectivity index (χ1) is 10.8. The number of alkyl halides is 3. The molecule has 2 rings (SSSR count). The standard InChI is InChI=1S/C14H20F3N3O3/c1-9-8-11(19-23-9)18-12(21)4-7-20-5-2-10(3-6-20)13(22)14(15,16)17/h8,10,13,22H,2-7H2,1H3,(H,18,19,21). The molecule has 1 saturated heterocycles. The van der Waals surface area contributed by atoms with Gasteiger partial charge in [-0.05, 0) is 38.8 Å². The first-order valence-electron chi connectivity index (χ1n) is 7.46. The number of amides is 1. The Labute approximate surface area is 131 Å². The van der Waals surface area contributed by atoms with Crippen LogP contribution in [0.5, 0.6) is 0 Å². The normalized spacial score (nSPS) is 18.8. The summed E-state index contributed by atoms with van der Waals surface area (Å²) >= 11 is 0. The van der Waals surface area contributed by atoms with Gasteiger partial charge >= 0.3 is 6.18 Å². The fourth-order valence-corrected chi connectivity index (χ4v) is 2.65. The zero-order valence-corrected chi connectivity index (χ0v) is 12.8. The zero-order chi connectivity index (χ0) is 17.0. The summed E-state index contributed by atoms with van der Waals surface area (Å²) in [6.45, 7) is 3.04. The Morgan fingerprint density at radius 2 is 2.17 bits per heavy atom. The number of nitrogens with one attached hydrogen (secondary N) is 1. The van der Waals surface area contributed by atoms with Crippen molar-refractivity contribution in [3.8, 4) is 0 Å². The number of carbonyl (C=O) groups is 1. The first-order valence-corrected chi connectivity index (χ1v) is 7.46. The van der Waals surface area contributed by atoms with Gasteiger partial charge in [-0.3, -0.25) is 4.79 Å². The van der Waals surface area contributed by atoms with Crippen LogP contribution in [0.1, 0.15) is 25.0 Å². The highest BCUT2D eigenvalue weighted by molar-refractivity contribution is 5.89. The molecule has 0 aromatic carbocycles. The monoisotopic (exact) mass is 335 g/mol. The lowest BCUT2D eigenvalue weighted by atomic mass is 9.91. The SMILES string of the molecule is Cc1cc(NC(=O)CCN2CCC(C(O)C(F)(F)F)CC2)no1. The molecule has 1 unspecified atom stereocenters. The second-order valence-corrected chi connectivity index (χ2v) is 5.79. The Hall–Kier alpha value is -1.61. The van der Waals surface area contributed by atoms with Gasteiger partial charge in [0.2, 0.25) is 5.91 Å². The minimum Gasteiger partial charge on any atom is -0.383 e. The number of anilines is 1. The lowest BCUT2D eigenvalue weighted by Crippen LogP contribution is -2.43. The number of rotatable bonds is 5. The van der Waals surface area contributed by atoms with Gasteiger partial charge in [0.05, 0.1) is 0 Å². The van der Waals surface area contributed by atoms with Gasteiger partial charge in [0, 0.05) is 19.0 Å². The van der Waals surface area contributed by atoms with E-state index in [1.807, 2.05) is 4.90 Å². The predicted octanol–water partition coefficient (Wildman–Crippen LogP) is 1.95. The molecule has 2 N–H and O–H groups in total. The molecular formula is C14H20F3N3O3. The molecule has 6 nitrogen and oxygen atoms in total. The van der Waals surface area contributed by atoms with E-state index in [1.54, 1.807) is 13.0 Å². The molecule has 1 aromatic rings. The molecule has 1 fully saturated rings. The maximum absolute atomic E-state index is 12.5. The van der Waals surface area contributed by atoms with Crippen LogP contribution in [0.15, 0.2) is 10.6 Å². The number of carbonyl (C=O) groups excluding carboxylic acids is 1. The predicted molar refractivity (Wildman–Crippen MR) is 75.7 cm³/mol. The molecule has 9 heteroatoms. The van der Waals surface area contributed by atoms with E-state index in [0.717, 1.165) is 0 Å². The van der Waals surface area contributed by atoms with Crippen molar-refractivity contribution in [1.29, 1.82) is 0 Å². The van der Waals surface area contributed by atoms with E-state index in [-0.39, 0.29) is 25.2 Å². The van der Waals surface area contributed by atoms with Crippen LogP contribution in [-0.4, -0.2) is 53.0 Å². The summed E-state index contributed by atoms with van der Waals surface area (Å²) in [6, 6.07) is 1.60. The van der Waals surface area contributed by atoms with Crippen LogP contribution in [0.4, 0.5) is 19.0 Å². The molecule has 1 aliphatic rings. The topological polar surface area (TPSA) is 78.6 Å². The van der Waals surface area contributed by atoms with Crippen molar-refractivity contribution in [3.05, 3.63) is 11.8 Å². The lowest BCUT2D eigenvalue weighted by Gasteiger charge is -2.34. The molecule has 23 heavy (non-hydrogen) atoms. The minimum atomic E-state index is -4.57. The largest absolute Gasteiger partial charge is 0.414 e. The summed E-state index contributed by atoms with van der Waals surface area (Å²) in [5, 5.41) is 15.5. The molecule has 1 atom stereocenters. The number of hydrogen-bond acceptors (Lipinski definition) is 5. The molecule has 1 aliphatic heterocycles. The van der Waals surface area contributed by atoms with Crippen molar-refractivity contribution in [2.24, 2.45) is 5.92 Å². The van der Waals surface area contributed by atoms with E-state index >= 15 is 0 Å². The summed E-state index contributed by atoms with van der Waals surface area (Å²) < 4.78 is 42.2. The number of aromatic nitrogens is 1. The molecule has 0 aliphatic carbocycles. The number of aliphatic hydroxyl groups excluding tert-OH is 1. The molecular weight excluding hydrogens is 315 g/mol. The summed E-state index contributed by atoms with van der Waals surface area (Å²) in [6.07, 6.45) is -6.07. The van der Waals surface area contributed by atoms with E-state index in [2.05, 4.69) is 10.5 Å². The third kappa shape index (κ3) is 5.21. The van der Waals surface area contributed by atoms with Gasteiger partial charge in [-0.2, -0.15) is 13.2 Å². The molecule has 0 saturated carbocycles. The average molecular weight is 335 g/mol. The van der Waals surface area contributed by atoms with Crippen molar-refractivity contribution < 1.29 is 27.6 Å². The van der Waals surface area contributed by atoms with Gasteiger partial charge in [0.15, 0.2) is 11.9 Å². The van der Waals surface area contributed by atoms with Crippen molar-refractivity contribution in [2.75, 3.05) is 25.0 Å². The molecule has 0 spiro atoms. The smallest absolute Gasteiger partial charge is 0.383 e. The van der Waals surface area contributed by atoms with E-state index in [1.165, 1.54) is 0 Å². The number of piperidine rings is 1. The third-order valence-corrected chi connectivity index (χ3v) is 3.96. The Morgan fingerprint density at radius 3 is 2.70 bits per heavy atom. The summed E-state index contributed by atoms with van der Waals surface area (Å²) in [5.74, 6) is -0.0564. The van der Waals surface area contributed by atoms with Gasteiger partial charge in [0.25, 0.3) is 0 Å². The van der Waals surface area contributed by atoms with Crippen LogP contribution in [0.2, 0.25) is 0 Å². The Morgan fingerprint density at radius 1 is 1.52 bits per heavy atom. The van der Waals surface area contributed by atoms with E-state index in [4.69, 9.17) is 4.52 Å². The highest BCUT2D eigenvalue weighted by atomic mass is 19.4. The average Bonchev–Trinajstić information content (AvgIpc) is 2.89. The third-order valence-electron chi connectivity index (χ3n) is 3.96. The quantitative estimate of drug-likeness (QED) is 0.860. The summed E-state index contributed by atoms with van der Waals surface area (Å²) in [7, 11) is 0. The Balaban J connectivity index is 1.69. The van der Waals surface area contributed by atoms with Crippen LogP contribution in [0, 0.1) is 12.8 Å². The fraction of sp³-hybridized carbons (Fsp3) is 0.714. The zero-order valence-electron chi connectivity index (χ0n) is 12.8. The van der Waals surface area contributed by atoms with Gasteiger partial charge in [-0.25, -0.2) is 0 Å². The second kappa shape index (κ2) is 7.31. The van der Waals surface area contributed by atoms with Crippen LogP contribution in [-0.2, 0) is 4.79 Å². The molecule has 0 bridgehead atoms. The van der Waals surface area contributed by atoms with E-state index in [0.29, 0.717) is 31.2 Å². The Kier molecular flexibility index (Phi) is 5.64. The van der Waals surface area contributed by atoms with Crippen molar-refractivity contribution in [2.45, 2.75) is 38.5 Å². The summed E-state index contributed by atoms with van der Waals surface area (Å²) in [5.41, 5.74) is 0. The maximum atomic E-state index is 12.5. The van der Waals surface area contributed by atoms with Gasteiger partial charge in [-0.15, -0.1) is 0 Å². The van der Waals surface area contributed by atoms with Crippen LogP contribution < -0.4 is 5.32 Å². The number of aliphatic hydroxyl groups is 1. The number of aryl methyl sites for hydroxylation is 1. The molecule has 130 valence electrons. The van der Waals surface area contributed by atoms with Crippen molar-refractivity contribution in [1.82, 2.24) is 10.1 Å². The molecule has 0 radical (unpaired) electrons. The second-order valence-electron chi connectivity index (χ2n) is 5.79. The number of likely N-dealkylation sites (tertiary alicyclic amines) is 1. The lowest BCUT2D eigenvalue weighted by molar-refractivity contribution is -0.223. The van der Waals surface area contributed by atoms with Crippen molar-refractivity contribution in [3.63, 3.8) is 0 Å². The maximum Gasteiger partial charge on any atom is 0.414 e. The summed E-state index contributed by atoms with van der Waals surface area (Å²) in [4.78, 5) is 13.7. The number of hydrogen-bond donors (Lipinski definition) is 2. The van der Waals surface area contributed by atoms with Gasteiger partial charge < -0.3 is 19.8 Å². The number of halogens is 3. The highest BCUT2D eigenvalue weighted by Gasteiger charge is 2.44. The minimum absolute atomic E-state index is 0.221. The van der Waals surface area contributed by atoms with Gasteiger partial charge in [-0.1, -0.05) is 5.16 Å². The fourth-order valence-electron chi connectivity index (χ4n) is 2.65. The van der Waals surface area contributed by atoms with E-state index < -0.39 is 18.2 Å². The first kappa shape index (κ1) is 17.7. The van der Waals surface area contributed by atoms with E-state index in [9.17, 15) is 23.1 Å². The Bertz CT molecular complexity index is 525. The van der Waals surface area contributed by atoms with Crippen LogP contribution in [0.3, 0.4) is 0 Å². The van der Waals surface area contributed by atoms with Crippen LogP contribution >= 0.6 is 0 Å². The molecule has 2 heterocycles. The number of nitrogens with zero attached hydrogens (tertiary/aromatic N) is 2. The molecule has 1 aromatic heterocycles. The van der Waals surface area contributed by atoms with Crippen molar-refractivity contribution >= 4 is 11.7 Å². The highest BCUT2D eigenvalue weighted by Crippen LogP contribution is 2.31. The van der Waals surface area contributed by atoms with Gasteiger partial charge in [0.1, 0.15) is 5.76 Å².